The van der Waals surface area contributed by atoms with Crippen LogP contribution >= 0.6 is 12.2 Å². The Labute approximate surface area is 166 Å². The Bertz CT molecular complexity index is 743. The number of rotatable bonds is 7. The van der Waals surface area contributed by atoms with Crippen LogP contribution in [0.15, 0.2) is 48.5 Å². The molecule has 0 aliphatic carbocycles. The second-order valence-electron chi connectivity index (χ2n) is 6.54. The number of anilines is 1. The van der Waals surface area contributed by atoms with E-state index in [-0.39, 0.29) is 5.91 Å². The Kier molecular flexibility index (Phi) is 8.07. The second-order valence-corrected chi connectivity index (χ2v) is 6.94. The van der Waals surface area contributed by atoms with Crippen LogP contribution < -0.4 is 20.9 Å². The van der Waals surface area contributed by atoms with Crippen molar-refractivity contribution < 1.29 is 9.53 Å². The van der Waals surface area contributed by atoms with Crippen LogP contribution in [0.25, 0.3) is 0 Å². The summed E-state index contributed by atoms with van der Waals surface area (Å²) in [6.07, 6.45) is 2.10. The number of hydrazine groups is 1. The third-order valence-electron chi connectivity index (χ3n) is 4.01. The van der Waals surface area contributed by atoms with Crippen molar-refractivity contribution in [2.75, 3.05) is 11.9 Å². The van der Waals surface area contributed by atoms with Crippen molar-refractivity contribution in [2.45, 2.75) is 39.5 Å². The van der Waals surface area contributed by atoms with E-state index in [0.29, 0.717) is 23.2 Å². The summed E-state index contributed by atoms with van der Waals surface area (Å²) in [7, 11) is 0. The number of amides is 1. The van der Waals surface area contributed by atoms with Crippen LogP contribution in [0.5, 0.6) is 5.75 Å². The third-order valence-corrected chi connectivity index (χ3v) is 4.21. The fourth-order valence-electron chi connectivity index (χ4n) is 2.34. The number of thiocarbonyl (C=S) groups is 1. The highest BCUT2D eigenvalue weighted by Gasteiger charge is 2.07. The topological polar surface area (TPSA) is 62.4 Å². The molecule has 0 fully saturated rings. The maximum absolute atomic E-state index is 12.2. The predicted octanol–water partition coefficient (Wildman–Crippen LogP) is 4.62. The molecule has 0 saturated carbocycles. The van der Waals surface area contributed by atoms with Crippen LogP contribution in [-0.2, 0) is 0 Å². The van der Waals surface area contributed by atoms with Gasteiger partial charge < -0.3 is 10.1 Å². The van der Waals surface area contributed by atoms with Crippen LogP contribution in [0.2, 0.25) is 0 Å². The molecule has 0 unspecified atom stereocenters. The van der Waals surface area contributed by atoms with Gasteiger partial charge in [0.2, 0.25) is 0 Å². The first-order chi connectivity index (χ1) is 13.0. The van der Waals surface area contributed by atoms with E-state index >= 15 is 0 Å². The Morgan fingerprint density at radius 2 is 1.70 bits per heavy atom. The van der Waals surface area contributed by atoms with E-state index in [0.717, 1.165) is 24.3 Å². The molecule has 0 radical (unpaired) electrons. The highest BCUT2D eigenvalue weighted by atomic mass is 32.1. The van der Waals surface area contributed by atoms with Gasteiger partial charge in [-0.25, -0.2) is 0 Å². The molecule has 5 nitrogen and oxygen atoms in total. The van der Waals surface area contributed by atoms with Crippen LogP contribution in [0.1, 0.15) is 55.5 Å². The molecule has 0 saturated heterocycles. The van der Waals surface area contributed by atoms with Gasteiger partial charge in [-0.2, -0.15) is 0 Å². The van der Waals surface area contributed by atoms with E-state index in [9.17, 15) is 4.79 Å². The minimum absolute atomic E-state index is 0.269. The molecule has 2 aromatic carbocycles. The number of unbranched alkanes of at least 4 members (excludes halogenated alkanes) is 1. The Balaban J connectivity index is 1.79. The zero-order chi connectivity index (χ0) is 19.6. The van der Waals surface area contributed by atoms with Gasteiger partial charge >= 0.3 is 0 Å². The number of ether oxygens (including phenoxy) is 1. The van der Waals surface area contributed by atoms with Crippen molar-refractivity contribution in [2.24, 2.45) is 0 Å². The third kappa shape index (κ3) is 6.90. The number of hydrogen-bond donors (Lipinski definition) is 3. The molecule has 6 heteroatoms. The van der Waals surface area contributed by atoms with E-state index in [2.05, 4.69) is 49.1 Å². The van der Waals surface area contributed by atoms with Gasteiger partial charge in [0, 0.05) is 11.3 Å². The SMILES string of the molecule is CCCCOc1ccc(C(=O)NNC(=S)Nc2ccc(C(C)C)cc2)cc1. The van der Waals surface area contributed by atoms with E-state index in [1.165, 1.54) is 5.56 Å². The Morgan fingerprint density at radius 3 is 2.30 bits per heavy atom. The molecule has 2 aromatic rings. The van der Waals surface area contributed by atoms with Gasteiger partial charge in [-0.1, -0.05) is 39.3 Å². The molecule has 0 aliphatic rings. The fraction of sp³-hybridized carbons (Fsp3) is 0.333. The lowest BCUT2D eigenvalue weighted by molar-refractivity contribution is 0.0944. The summed E-state index contributed by atoms with van der Waals surface area (Å²) in [6, 6.07) is 15.1. The standard InChI is InChI=1S/C21H27N3O2S/c1-4-5-14-26-19-12-8-17(9-13-19)20(25)23-24-21(27)22-18-10-6-16(7-11-18)15(2)3/h6-13,15H,4-5,14H2,1-3H3,(H,23,25)(H2,22,24,27). The van der Waals surface area contributed by atoms with Gasteiger partial charge in [-0.05, 0) is 66.5 Å². The van der Waals surface area contributed by atoms with Crippen molar-refractivity contribution in [3.63, 3.8) is 0 Å². The molecular weight excluding hydrogens is 358 g/mol. The van der Waals surface area contributed by atoms with Gasteiger partial charge in [-0.15, -0.1) is 0 Å². The molecule has 0 spiro atoms. The molecule has 27 heavy (non-hydrogen) atoms. The monoisotopic (exact) mass is 385 g/mol. The molecule has 0 atom stereocenters. The Morgan fingerprint density at radius 1 is 1.04 bits per heavy atom. The van der Waals surface area contributed by atoms with E-state index in [4.69, 9.17) is 17.0 Å². The normalized spacial score (nSPS) is 10.4. The number of benzene rings is 2. The Hall–Kier alpha value is -2.60. The number of carbonyl (C=O) groups is 1. The highest BCUT2D eigenvalue weighted by Crippen LogP contribution is 2.17. The summed E-state index contributed by atoms with van der Waals surface area (Å²) in [5.74, 6) is 0.969. The summed E-state index contributed by atoms with van der Waals surface area (Å²) < 4.78 is 5.59. The smallest absolute Gasteiger partial charge is 0.269 e. The first-order valence-corrected chi connectivity index (χ1v) is 9.60. The van der Waals surface area contributed by atoms with Gasteiger partial charge in [0.15, 0.2) is 5.11 Å². The fourth-order valence-corrected chi connectivity index (χ4v) is 2.51. The van der Waals surface area contributed by atoms with Gasteiger partial charge in [0.1, 0.15) is 5.75 Å². The summed E-state index contributed by atoms with van der Waals surface area (Å²) in [5, 5.41) is 3.36. The summed E-state index contributed by atoms with van der Waals surface area (Å²) in [4.78, 5) is 12.2. The minimum atomic E-state index is -0.269. The highest BCUT2D eigenvalue weighted by molar-refractivity contribution is 7.80. The molecule has 0 heterocycles. The van der Waals surface area contributed by atoms with Crippen LogP contribution in [0.3, 0.4) is 0 Å². The van der Waals surface area contributed by atoms with Crippen LogP contribution in [0.4, 0.5) is 5.69 Å². The number of carbonyl (C=O) groups excluding carboxylic acids is 1. The molecule has 3 N–H and O–H groups in total. The molecule has 0 aliphatic heterocycles. The lowest BCUT2D eigenvalue weighted by atomic mass is 10.0. The molecule has 1 amide bonds. The van der Waals surface area contributed by atoms with Crippen molar-refractivity contribution in [1.29, 1.82) is 0 Å². The van der Waals surface area contributed by atoms with E-state index in [1.807, 2.05) is 12.1 Å². The van der Waals surface area contributed by atoms with Crippen molar-refractivity contribution in [3.05, 3.63) is 59.7 Å². The van der Waals surface area contributed by atoms with Crippen molar-refractivity contribution >= 4 is 28.9 Å². The van der Waals surface area contributed by atoms with Crippen LogP contribution in [0, 0.1) is 0 Å². The summed E-state index contributed by atoms with van der Waals surface area (Å²) in [5.41, 5.74) is 7.94. The lowest BCUT2D eigenvalue weighted by Gasteiger charge is -2.13. The van der Waals surface area contributed by atoms with Crippen LogP contribution in [-0.4, -0.2) is 17.6 Å². The van der Waals surface area contributed by atoms with Gasteiger partial charge in [-0.3, -0.25) is 15.6 Å². The predicted molar refractivity (Wildman–Crippen MR) is 114 cm³/mol. The van der Waals surface area contributed by atoms with Crippen molar-refractivity contribution in [1.82, 2.24) is 10.9 Å². The summed E-state index contributed by atoms with van der Waals surface area (Å²) in [6.45, 7) is 7.09. The van der Waals surface area contributed by atoms with Gasteiger partial charge in [0.05, 0.1) is 6.61 Å². The molecular formula is C21H27N3O2S. The molecule has 0 bridgehead atoms. The van der Waals surface area contributed by atoms with E-state index in [1.54, 1.807) is 24.3 Å². The lowest BCUT2D eigenvalue weighted by Crippen LogP contribution is -2.43. The van der Waals surface area contributed by atoms with Gasteiger partial charge in [0.25, 0.3) is 5.91 Å². The second kappa shape index (κ2) is 10.5. The van der Waals surface area contributed by atoms with Crippen molar-refractivity contribution in [3.8, 4) is 5.75 Å². The van der Waals surface area contributed by atoms with E-state index < -0.39 is 0 Å². The minimum Gasteiger partial charge on any atom is -0.494 e. The average molecular weight is 386 g/mol. The number of nitrogens with one attached hydrogen (secondary N) is 3. The largest absolute Gasteiger partial charge is 0.494 e. The average Bonchev–Trinajstić information content (AvgIpc) is 2.67. The molecule has 144 valence electrons. The maximum Gasteiger partial charge on any atom is 0.269 e. The molecule has 2 rings (SSSR count). The first kappa shape index (κ1) is 20.7. The number of hydrogen-bond acceptors (Lipinski definition) is 3. The maximum atomic E-state index is 12.2. The quantitative estimate of drug-likeness (QED) is 0.369. The zero-order valence-corrected chi connectivity index (χ0v) is 16.9. The summed E-state index contributed by atoms with van der Waals surface area (Å²) >= 11 is 5.21. The molecule has 0 aromatic heterocycles. The first-order valence-electron chi connectivity index (χ1n) is 9.19. The zero-order valence-electron chi connectivity index (χ0n) is 16.0.